The van der Waals surface area contributed by atoms with Gasteiger partial charge in [0.1, 0.15) is 0 Å². The van der Waals surface area contributed by atoms with Crippen LogP contribution in [0.1, 0.15) is 138 Å². The molecule has 4 rings (SSSR count). The van der Waals surface area contributed by atoms with Crippen LogP contribution in [0.4, 0.5) is 0 Å². The van der Waals surface area contributed by atoms with Crippen molar-refractivity contribution in [1.29, 1.82) is 0 Å². The van der Waals surface area contributed by atoms with Crippen LogP contribution in [0.25, 0.3) is 0 Å². The molecule has 0 spiro atoms. The molecule has 232 valence electrons. The molecule has 0 saturated heterocycles. The average Bonchev–Trinajstić information content (AvgIpc) is 3.37. The van der Waals surface area contributed by atoms with Gasteiger partial charge in [-0.25, -0.2) is 0 Å². The first-order valence-electron chi connectivity index (χ1n) is 15.0. The van der Waals surface area contributed by atoms with Gasteiger partial charge in [-0.05, 0) is 118 Å². The fourth-order valence-corrected chi connectivity index (χ4v) is 5.62. The molecule has 0 bridgehead atoms. The van der Waals surface area contributed by atoms with E-state index in [9.17, 15) is 0 Å². The Morgan fingerprint density at radius 3 is 0.167 bits per heavy atom. The third-order valence-electron chi connectivity index (χ3n) is 11.2. The van der Waals surface area contributed by atoms with Gasteiger partial charge in [0.15, 0.2) is 0 Å². The van der Waals surface area contributed by atoms with Crippen LogP contribution in [-0.2, 0) is 0 Å². The molecule has 0 aromatic carbocycles. The van der Waals surface area contributed by atoms with E-state index in [-0.39, 0.29) is 80.8 Å². The van der Waals surface area contributed by atoms with Crippen molar-refractivity contribution >= 4 is 0 Å². The van der Waals surface area contributed by atoms with E-state index in [0.717, 1.165) is 0 Å². The Bertz CT molecular complexity index is 421. The molecular weight excluding hydrogens is 781 g/mol. The number of rotatable bonds is 0. The van der Waals surface area contributed by atoms with Gasteiger partial charge < -0.3 is 0 Å². The zero-order chi connectivity index (χ0) is 31.5. The second-order valence-electron chi connectivity index (χ2n) is 12.5. The summed E-state index contributed by atoms with van der Waals surface area (Å²) in [5.41, 5.74) is 0. The van der Waals surface area contributed by atoms with Crippen molar-refractivity contribution in [2.75, 3.05) is 0 Å². The maximum atomic E-state index is 2.20. The normalized spacial score (nSPS) is 27.1. The molecule has 0 aromatic rings. The van der Waals surface area contributed by atoms with Gasteiger partial charge in [0.25, 0.3) is 0 Å². The molecule has 4 aliphatic carbocycles. The Balaban J connectivity index is 0. The zero-order valence-corrected chi connectivity index (χ0v) is 36.1. The molecule has 4 aliphatic rings. The SMILES string of the molecule is C[C]1[C](C)[C](C)[C](C)[C]1C.C[C]1[C](C)[C](C)[C](C)[C]1C.C[C]1[C](C)[C](C)[C](C)[C]1C.C[C]1[C](C)[C](C)[C](C)[C]1C.[Sm].[Sm]. The van der Waals surface area contributed by atoms with E-state index in [1.165, 1.54) is 118 Å². The minimum atomic E-state index is 0. The van der Waals surface area contributed by atoms with Crippen LogP contribution in [0.2, 0.25) is 0 Å². The standard InChI is InChI=1S/4C10H15.2Sm/c4*1-6-7(2)9(4)10(5)8(6)3;;/h4*1-5H3;;. The van der Waals surface area contributed by atoms with Crippen molar-refractivity contribution < 1.29 is 80.8 Å². The van der Waals surface area contributed by atoms with Crippen molar-refractivity contribution in [3.05, 3.63) is 118 Å². The topological polar surface area (TPSA) is 0 Å². The molecule has 4 saturated carbocycles. The third-order valence-corrected chi connectivity index (χ3v) is 11.2. The van der Waals surface area contributed by atoms with E-state index in [4.69, 9.17) is 0 Å². The van der Waals surface area contributed by atoms with Crippen LogP contribution in [0.5, 0.6) is 0 Å². The monoisotopic (exact) mass is 844 g/mol. The van der Waals surface area contributed by atoms with Crippen molar-refractivity contribution in [2.24, 2.45) is 0 Å². The van der Waals surface area contributed by atoms with E-state index in [2.05, 4.69) is 138 Å². The summed E-state index contributed by atoms with van der Waals surface area (Å²) in [4.78, 5) is 0. The van der Waals surface area contributed by atoms with Gasteiger partial charge in [0.2, 0.25) is 0 Å². The first-order chi connectivity index (χ1) is 18.2. The molecule has 0 N–H and O–H groups in total. The summed E-state index contributed by atoms with van der Waals surface area (Å²) >= 11 is 0. The Morgan fingerprint density at radius 2 is 0.143 bits per heavy atom. The van der Waals surface area contributed by atoms with E-state index >= 15 is 0 Å². The summed E-state index contributed by atoms with van der Waals surface area (Å²) in [6.07, 6.45) is 0. The van der Waals surface area contributed by atoms with Crippen molar-refractivity contribution in [1.82, 2.24) is 0 Å². The maximum Gasteiger partial charge on any atom is 0 e. The largest absolute Gasteiger partial charge is 0.0579 e. The molecule has 0 aliphatic heterocycles. The van der Waals surface area contributed by atoms with Crippen LogP contribution >= 0.6 is 0 Å². The van der Waals surface area contributed by atoms with E-state index in [1.54, 1.807) is 0 Å². The Morgan fingerprint density at radius 1 is 0.119 bits per heavy atom. The molecule has 0 aromatic heterocycles. The summed E-state index contributed by atoms with van der Waals surface area (Å²) < 4.78 is 0. The predicted octanol–water partition coefficient (Wildman–Crippen LogP) is 11.9. The van der Waals surface area contributed by atoms with Gasteiger partial charge in [0.05, 0.1) is 0 Å². The molecular formula is C40H60Sm2. The van der Waals surface area contributed by atoms with Gasteiger partial charge in [-0.1, -0.05) is 138 Å². The van der Waals surface area contributed by atoms with Crippen LogP contribution in [0, 0.1) is 199 Å². The third kappa shape index (κ3) is 10.8. The van der Waals surface area contributed by atoms with Crippen LogP contribution in [0.15, 0.2) is 0 Å². The smallest absolute Gasteiger partial charge is 0 e. The second-order valence-corrected chi connectivity index (χ2v) is 12.5. The van der Waals surface area contributed by atoms with Crippen LogP contribution < -0.4 is 0 Å². The van der Waals surface area contributed by atoms with E-state index < -0.39 is 0 Å². The molecule has 0 nitrogen and oxygen atoms in total. The fraction of sp³-hybridized carbons (Fsp3) is 0.500. The fourth-order valence-electron chi connectivity index (χ4n) is 5.62. The molecule has 4 fully saturated rings. The van der Waals surface area contributed by atoms with Crippen molar-refractivity contribution in [3.8, 4) is 0 Å². The Labute approximate surface area is 333 Å². The summed E-state index contributed by atoms with van der Waals surface area (Å²) in [6.45, 7) is 44.0. The zero-order valence-electron chi connectivity index (χ0n) is 30.8. The minimum absolute atomic E-state index is 0. The summed E-state index contributed by atoms with van der Waals surface area (Å²) in [6, 6.07) is 0. The van der Waals surface area contributed by atoms with Gasteiger partial charge in [0, 0.05) is 80.8 Å². The molecule has 0 unspecified atom stereocenters. The number of hydrogen-bond donors (Lipinski definition) is 0. The van der Waals surface area contributed by atoms with E-state index in [0.29, 0.717) is 0 Å². The van der Waals surface area contributed by atoms with Gasteiger partial charge in [-0.2, -0.15) is 0 Å². The Hall–Kier alpha value is 2.68. The molecule has 0 atom stereocenters. The van der Waals surface area contributed by atoms with Crippen LogP contribution in [-0.4, -0.2) is 0 Å². The molecule has 0 amide bonds. The van der Waals surface area contributed by atoms with Gasteiger partial charge in [-0.3, -0.25) is 0 Å². The second kappa shape index (κ2) is 20.2. The van der Waals surface area contributed by atoms with Crippen LogP contribution in [0.3, 0.4) is 0 Å². The predicted molar refractivity (Wildman–Crippen MR) is 178 cm³/mol. The molecule has 20 radical (unpaired) electrons. The maximum absolute atomic E-state index is 2.20. The summed E-state index contributed by atoms with van der Waals surface area (Å²) in [5.74, 6) is 29.4. The van der Waals surface area contributed by atoms with Gasteiger partial charge >= 0.3 is 0 Å². The average molecular weight is 842 g/mol. The minimum Gasteiger partial charge on any atom is -0.0579 e. The quantitative estimate of drug-likeness (QED) is 0.228. The summed E-state index contributed by atoms with van der Waals surface area (Å²) in [7, 11) is 0. The Kier molecular flexibility index (Phi) is 22.6. The van der Waals surface area contributed by atoms with Gasteiger partial charge in [-0.15, -0.1) is 0 Å². The summed E-state index contributed by atoms with van der Waals surface area (Å²) in [5, 5.41) is 0. The number of hydrogen-bond acceptors (Lipinski definition) is 0. The van der Waals surface area contributed by atoms with Crippen molar-refractivity contribution in [2.45, 2.75) is 138 Å². The molecule has 42 heavy (non-hydrogen) atoms. The molecule has 0 heterocycles. The van der Waals surface area contributed by atoms with E-state index in [1.807, 2.05) is 0 Å². The first kappa shape index (κ1) is 46.8. The van der Waals surface area contributed by atoms with Crippen molar-refractivity contribution in [3.63, 3.8) is 0 Å². The first-order valence-corrected chi connectivity index (χ1v) is 15.0. The molecule has 2 heteroatoms.